The molecule has 0 amide bonds. The van der Waals surface area contributed by atoms with Crippen LogP contribution in [0.2, 0.25) is 0 Å². The zero-order chi connectivity index (χ0) is 18.1. The van der Waals surface area contributed by atoms with Gasteiger partial charge in [-0.25, -0.2) is 4.58 Å². The summed E-state index contributed by atoms with van der Waals surface area (Å²) in [5, 5.41) is 11.1. The average molecular weight is 339 g/mol. The molecule has 1 aliphatic carbocycles. The summed E-state index contributed by atoms with van der Waals surface area (Å²) >= 11 is 0. The number of carboxylic acids is 1. The van der Waals surface area contributed by atoms with Crippen molar-refractivity contribution in [1.29, 1.82) is 0 Å². The minimum absolute atomic E-state index is 0.0963. The van der Waals surface area contributed by atoms with Crippen molar-refractivity contribution >= 4 is 22.6 Å². The molecule has 0 radical (unpaired) electrons. The van der Waals surface area contributed by atoms with Gasteiger partial charge in [0.15, 0.2) is 0 Å². The van der Waals surface area contributed by atoms with Crippen LogP contribution in [0.3, 0.4) is 0 Å². The summed E-state index contributed by atoms with van der Waals surface area (Å²) in [6, 6.07) is 12.1. The molecule has 25 heavy (non-hydrogen) atoms. The largest absolute Gasteiger partial charge is 0.481 e. The molecular weight excluding hydrogens is 316 g/mol. The van der Waals surface area contributed by atoms with Gasteiger partial charge in [-0.15, -0.1) is 0 Å². The van der Waals surface area contributed by atoms with Crippen molar-refractivity contribution in [2.24, 2.45) is 0 Å². The van der Waals surface area contributed by atoms with Gasteiger partial charge in [-0.1, -0.05) is 0 Å². The Hall–Kier alpha value is -2.82. The summed E-state index contributed by atoms with van der Waals surface area (Å²) in [6.45, 7) is 0. The van der Waals surface area contributed by atoms with Crippen molar-refractivity contribution < 1.29 is 14.3 Å². The molecule has 0 atom stereocenters. The van der Waals surface area contributed by atoms with Crippen molar-refractivity contribution in [1.82, 2.24) is 4.58 Å². The van der Waals surface area contributed by atoms with Crippen LogP contribution < -0.4 is 14.8 Å². The van der Waals surface area contributed by atoms with E-state index in [0.29, 0.717) is 6.42 Å². The fourth-order valence-electron chi connectivity index (χ4n) is 3.01. The van der Waals surface area contributed by atoms with E-state index in [1.165, 1.54) is 0 Å². The highest BCUT2D eigenvalue weighted by molar-refractivity contribution is 5.90. The van der Waals surface area contributed by atoms with E-state index in [4.69, 9.17) is 9.52 Å². The topological polar surface area (TPSA) is 56.7 Å². The molecule has 1 aliphatic heterocycles. The standard InChI is InChI=1S/C20H22N2O3/c1-21(2)13-5-7-16-15(9-10-20(23)24)17-8-6-14(22(3)4)12-19(17)25-18(16)11-13/h5-8,11-12H,9-10H2,1-4H3/p+1. The van der Waals surface area contributed by atoms with Crippen LogP contribution in [-0.2, 0) is 11.2 Å². The van der Waals surface area contributed by atoms with Gasteiger partial charge in [-0.2, -0.15) is 0 Å². The molecule has 1 heterocycles. The molecule has 1 aromatic rings. The van der Waals surface area contributed by atoms with Crippen LogP contribution in [-0.4, -0.2) is 39.3 Å². The lowest BCUT2D eigenvalue weighted by Gasteiger charge is -2.17. The van der Waals surface area contributed by atoms with Gasteiger partial charge in [0, 0.05) is 49.3 Å². The Morgan fingerprint density at radius 3 is 2.56 bits per heavy atom. The lowest BCUT2D eigenvalue weighted by molar-refractivity contribution is -0.136. The van der Waals surface area contributed by atoms with E-state index in [0.717, 1.165) is 38.9 Å². The van der Waals surface area contributed by atoms with E-state index < -0.39 is 5.97 Å². The molecule has 0 unspecified atom stereocenters. The molecule has 1 N–H and O–H groups in total. The number of carboxylic acid groups (broad SMARTS) is 1. The van der Waals surface area contributed by atoms with Crippen LogP contribution in [0.15, 0.2) is 40.8 Å². The summed E-state index contributed by atoms with van der Waals surface area (Å²) in [5.41, 5.74) is 3.81. The first-order valence-corrected chi connectivity index (χ1v) is 8.26. The first-order valence-electron chi connectivity index (χ1n) is 8.26. The first-order chi connectivity index (χ1) is 11.9. The molecule has 0 aromatic heterocycles. The third-order valence-electron chi connectivity index (χ3n) is 4.42. The third-order valence-corrected chi connectivity index (χ3v) is 4.42. The number of carbonyl (C=O) groups is 1. The Bertz CT molecular complexity index is 982. The minimum atomic E-state index is -0.795. The van der Waals surface area contributed by atoms with Crippen molar-refractivity contribution in [3.05, 3.63) is 47.3 Å². The number of aliphatic carboxylic acids is 1. The van der Waals surface area contributed by atoms with Crippen LogP contribution in [0.5, 0.6) is 0 Å². The maximum Gasteiger partial charge on any atom is 0.303 e. The maximum atomic E-state index is 11.1. The molecule has 130 valence electrons. The van der Waals surface area contributed by atoms with E-state index in [2.05, 4.69) is 0 Å². The van der Waals surface area contributed by atoms with E-state index in [-0.39, 0.29) is 6.42 Å². The zero-order valence-electron chi connectivity index (χ0n) is 15.0. The van der Waals surface area contributed by atoms with Crippen molar-refractivity contribution in [3.63, 3.8) is 0 Å². The second-order valence-electron chi connectivity index (χ2n) is 6.62. The third kappa shape index (κ3) is 3.36. The second-order valence-corrected chi connectivity index (χ2v) is 6.62. The van der Waals surface area contributed by atoms with Crippen molar-refractivity contribution in [2.45, 2.75) is 12.8 Å². The molecule has 0 fully saturated rings. The van der Waals surface area contributed by atoms with E-state index >= 15 is 0 Å². The molecule has 1 aromatic carbocycles. The monoisotopic (exact) mass is 339 g/mol. The first kappa shape index (κ1) is 17.0. The normalized spacial score (nSPS) is 11.0. The number of hydrogen-bond donors (Lipinski definition) is 1. The minimum Gasteiger partial charge on any atom is -0.481 e. The zero-order valence-corrected chi connectivity index (χ0v) is 15.0. The highest BCUT2D eigenvalue weighted by atomic mass is 16.4. The number of hydrogen-bond acceptors (Lipinski definition) is 3. The van der Waals surface area contributed by atoms with Gasteiger partial charge in [0.1, 0.15) is 25.4 Å². The predicted molar refractivity (Wildman–Crippen MR) is 100 cm³/mol. The molecule has 5 nitrogen and oxygen atoms in total. The van der Waals surface area contributed by atoms with Gasteiger partial charge in [0.25, 0.3) is 0 Å². The van der Waals surface area contributed by atoms with Gasteiger partial charge in [-0.3, -0.25) is 4.79 Å². The molecule has 0 spiro atoms. The highest BCUT2D eigenvalue weighted by Crippen LogP contribution is 2.34. The molecule has 3 rings (SSSR count). The number of anilines is 1. The van der Waals surface area contributed by atoms with Crippen LogP contribution in [0.4, 0.5) is 5.69 Å². The summed E-state index contributed by atoms with van der Waals surface area (Å²) in [6.07, 6.45) is 0.570. The van der Waals surface area contributed by atoms with Crippen LogP contribution in [0.25, 0.3) is 22.3 Å². The highest BCUT2D eigenvalue weighted by Gasteiger charge is 2.17. The van der Waals surface area contributed by atoms with Gasteiger partial charge < -0.3 is 14.4 Å². The Morgan fingerprint density at radius 2 is 1.92 bits per heavy atom. The molecule has 5 heteroatoms. The van der Waals surface area contributed by atoms with Gasteiger partial charge >= 0.3 is 5.97 Å². The molecule has 2 aliphatic rings. The van der Waals surface area contributed by atoms with E-state index in [1.54, 1.807) is 0 Å². The summed E-state index contributed by atoms with van der Waals surface area (Å²) < 4.78 is 8.19. The number of benzene rings is 2. The van der Waals surface area contributed by atoms with Gasteiger partial charge in [0.2, 0.25) is 5.36 Å². The fraction of sp³-hybridized carbons (Fsp3) is 0.300. The van der Waals surface area contributed by atoms with Crippen LogP contribution >= 0.6 is 0 Å². The Labute approximate surface area is 146 Å². The van der Waals surface area contributed by atoms with Gasteiger partial charge in [-0.05, 0) is 30.2 Å². The van der Waals surface area contributed by atoms with Crippen molar-refractivity contribution in [2.75, 3.05) is 33.1 Å². The smallest absolute Gasteiger partial charge is 0.303 e. The average Bonchev–Trinajstić information content (AvgIpc) is 2.57. The van der Waals surface area contributed by atoms with Crippen LogP contribution in [0, 0.1) is 0 Å². The predicted octanol–water partition coefficient (Wildman–Crippen LogP) is 2.65. The summed E-state index contributed by atoms with van der Waals surface area (Å²) in [5.74, 6) is -0.0214. The molecule has 0 bridgehead atoms. The lowest BCUT2D eigenvalue weighted by atomic mass is 9.96. The Kier molecular flexibility index (Phi) is 4.49. The van der Waals surface area contributed by atoms with Crippen LogP contribution in [0.1, 0.15) is 12.0 Å². The number of aryl methyl sites for hydroxylation is 1. The summed E-state index contributed by atoms with van der Waals surface area (Å²) in [4.78, 5) is 13.1. The number of rotatable bonds is 4. The number of nitrogens with zero attached hydrogens (tertiary/aromatic N) is 2. The lowest BCUT2D eigenvalue weighted by Crippen LogP contribution is -2.21. The van der Waals surface area contributed by atoms with E-state index in [9.17, 15) is 4.79 Å². The number of fused-ring (bicyclic) bond motifs is 2. The SMILES string of the molecule is CN(C)c1ccc2c(CCC(=O)O)c3ccc(=[N+](C)C)cc-3oc2c1. The Balaban J connectivity index is 2.33. The quantitative estimate of drug-likeness (QED) is 0.586. The van der Waals surface area contributed by atoms with Crippen molar-refractivity contribution in [3.8, 4) is 11.3 Å². The fourth-order valence-corrected chi connectivity index (χ4v) is 3.01. The second kappa shape index (κ2) is 6.59. The van der Waals surface area contributed by atoms with E-state index in [1.807, 2.05) is 74.1 Å². The molecule has 0 saturated carbocycles. The Morgan fingerprint density at radius 1 is 1.16 bits per heavy atom. The maximum absolute atomic E-state index is 11.1. The molecule has 0 saturated heterocycles. The van der Waals surface area contributed by atoms with Gasteiger partial charge in [0.05, 0.1) is 6.07 Å². The summed E-state index contributed by atoms with van der Waals surface area (Å²) in [7, 11) is 7.94. The molecular formula is C20H23N2O3+.